The molecule has 0 aliphatic rings. The molecule has 0 radical (unpaired) electrons. The smallest absolute Gasteiger partial charge is 0.361 e. The molecule has 0 saturated carbocycles. The first-order chi connectivity index (χ1) is 13.4. The number of aromatic nitrogens is 3. The molecule has 0 spiro atoms. The van der Waals surface area contributed by atoms with E-state index in [1.165, 1.54) is 35.6 Å². The molecule has 0 fully saturated rings. The number of thiazole rings is 1. The molecule has 8 nitrogen and oxygen atoms in total. The second kappa shape index (κ2) is 8.13. The fraction of sp³-hybridized carbons (Fsp3) is 0.211. The number of carbonyl (C=O) groups excluding carboxylic acids is 2. The SMILES string of the molecule is CC(=O)N(c1ccc(C)c(C)c1)c1nc(COC(=O)c2nccnc2N)cs1. The van der Waals surface area contributed by atoms with Crippen molar-refractivity contribution in [2.75, 3.05) is 10.6 Å². The van der Waals surface area contributed by atoms with Crippen molar-refractivity contribution in [3.8, 4) is 0 Å². The topological polar surface area (TPSA) is 111 Å². The molecule has 3 rings (SSSR count). The summed E-state index contributed by atoms with van der Waals surface area (Å²) >= 11 is 1.29. The van der Waals surface area contributed by atoms with Gasteiger partial charge in [0.2, 0.25) is 5.91 Å². The molecule has 0 bridgehead atoms. The van der Waals surface area contributed by atoms with Crippen molar-refractivity contribution >= 4 is 39.9 Å². The van der Waals surface area contributed by atoms with Crippen molar-refractivity contribution in [2.45, 2.75) is 27.4 Å². The fourth-order valence-corrected chi connectivity index (χ4v) is 3.34. The summed E-state index contributed by atoms with van der Waals surface area (Å²) in [4.78, 5) is 37.9. The van der Waals surface area contributed by atoms with Crippen LogP contribution in [0.1, 0.15) is 34.2 Å². The summed E-state index contributed by atoms with van der Waals surface area (Å²) in [6, 6.07) is 5.78. The number of nitrogens with zero attached hydrogens (tertiary/aromatic N) is 4. The van der Waals surface area contributed by atoms with Gasteiger partial charge in [-0.3, -0.25) is 9.69 Å². The van der Waals surface area contributed by atoms with Crippen LogP contribution in [-0.4, -0.2) is 26.8 Å². The monoisotopic (exact) mass is 397 g/mol. The quantitative estimate of drug-likeness (QED) is 0.658. The van der Waals surface area contributed by atoms with Gasteiger partial charge in [-0.1, -0.05) is 6.07 Å². The van der Waals surface area contributed by atoms with Crippen LogP contribution in [0.5, 0.6) is 0 Å². The highest BCUT2D eigenvalue weighted by Crippen LogP contribution is 2.30. The van der Waals surface area contributed by atoms with Gasteiger partial charge in [0.1, 0.15) is 6.61 Å². The van der Waals surface area contributed by atoms with E-state index in [2.05, 4.69) is 15.0 Å². The number of anilines is 3. The van der Waals surface area contributed by atoms with Gasteiger partial charge in [0, 0.05) is 24.7 Å². The van der Waals surface area contributed by atoms with Crippen molar-refractivity contribution in [1.29, 1.82) is 0 Å². The summed E-state index contributed by atoms with van der Waals surface area (Å²) in [5.41, 5.74) is 9.06. The van der Waals surface area contributed by atoms with Crippen LogP contribution in [0.3, 0.4) is 0 Å². The van der Waals surface area contributed by atoms with Gasteiger partial charge in [-0.25, -0.2) is 19.7 Å². The Morgan fingerprint density at radius 3 is 2.61 bits per heavy atom. The van der Waals surface area contributed by atoms with E-state index in [1.54, 1.807) is 5.38 Å². The Bertz CT molecular complexity index is 1030. The third-order valence-corrected chi connectivity index (χ3v) is 4.94. The minimum absolute atomic E-state index is 0.00367. The number of amides is 1. The molecular formula is C19H19N5O3S. The number of nitrogens with two attached hydrogens (primary N) is 1. The largest absolute Gasteiger partial charge is 0.454 e. The Kier molecular flexibility index (Phi) is 5.65. The molecule has 3 aromatic rings. The first-order valence-corrected chi connectivity index (χ1v) is 9.30. The van der Waals surface area contributed by atoms with Crippen molar-refractivity contribution < 1.29 is 14.3 Å². The summed E-state index contributed by atoms with van der Waals surface area (Å²) in [6.07, 6.45) is 2.75. The van der Waals surface area contributed by atoms with E-state index in [0.717, 1.165) is 16.8 Å². The van der Waals surface area contributed by atoms with Gasteiger partial charge in [0.15, 0.2) is 16.6 Å². The summed E-state index contributed by atoms with van der Waals surface area (Å²) in [5.74, 6) is -0.838. The third kappa shape index (κ3) is 4.15. The zero-order valence-corrected chi connectivity index (χ0v) is 16.5. The van der Waals surface area contributed by atoms with Crippen LogP contribution in [0.2, 0.25) is 0 Å². The van der Waals surface area contributed by atoms with Crippen molar-refractivity contribution in [2.24, 2.45) is 0 Å². The van der Waals surface area contributed by atoms with E-state index in [0.29, 0.717) is 10.8 Å². The zero-order valence-electron chi connectivity index (χ0n) is 15.7. The first-order valence-electron chi connectivity index (χ1n) is 8.42. The Balaban J connectivity index is 1.76. The molecule has 9 heteroatoms. The van der Waals surface area contributed by atoms with Crippen molar-refractivity contribution in [3.05, 3.63) is 58.5 Å². The molecule has 2 aromatic heterocycles. The van der Waals surface area contributed by atoms with Crippen LogP contribution in [-0.2, 0) is 16.1 Å². The molecule has 0 aliphatic heterocycles. The maximum absolute atomic E-state index is 12.2. The summed E-state index contributed by atoms with van der Waals surface area (Å²) in [7, 11) is 0. The number of esters is 1. The Hall–Kier alpha value is -3.33. The predicted octanol–water partition coefficient (Wildman–Crippen LogP) is 3.17. The van der Waals surface area contributed by atoms with Crippen molar-refractivity contribution in [1.82, 2.24) is 15.0 Å². The van der Waals surface area contributed by atoms with Crippen LogP contribution in [0.25, 0.3) is 0 Å². The first kappa shape index (κ1) is 19.4. The van der Waals surface area contributed by atoms with Gasteiger partial charge in [-0.2, -0.15) is 0 Å². The Morgan fingerprint density at radius 2 is 1.93 bits per heavy atom. The number of nitrogen functional groups attached to an aromatic ring is 1. The minimum Gasteiger partial charge on any atom is -0.454 e. The maximum Gasteiger partial charge on any atom is 0.361 e. The number of carbonyl (C=O) groups is 2. The lowest BCUT2D eigenvalue weighted by molar-refractivity contribution is -0.115. The van der Waals surface area contributed by atoms with E-state index in [-0.39, 0.29) is 24.0 Å². The number of hydrogen-bond acceptors (Lipinski definition) is 8. The van der Waals surface area contributed by atoms with Crippen LogP contribution in [0.4, 0.5) is 16.6 Å². The zero-order chi connectivity index (χ0) is 20.3. The average Bonchev–Trinajstić information content (AvgIpc) is 3.11. The van der Waals surface area contributed by atoms with Crippen LogP contribution < -0.4 is 10.6 Å². The number of hydrogen-bond donors (Lipinski definition) is 1. The molecule has 28 heavy (non-hydrogen) atoms. The molecule has 0 atom stereocenters. The van der Waals surface area contributed by atoms with Gasteiger partial charge in [0.05, 0.1) is 11.4 Å². The van der Waals surface area contributed by atoms with E-state index < -0.39 is 5.97 Å². The molecule has 0 unspecified atom stereocenters. The highest BCUT2D eigenvalue weighted by Gasteiger charge is 2.19. The summed E-state index contributed by atoms with van der Waals surface area (Å²) < 4.78 is 5.21. The molecule has 0 saturated heterocycles. The number of rotatable bonds is 5. The van der Waals surface area contributed by atoms with E-state index in [1.807, 2.05) is 32.0 Å². The Labute approximate surface area is 166 Å². The third-order valence-electron chi connectivity index (χ3n) is 4.07. The van der Waals surface area contributed by atoms with E-state index in [4.69, 9.17) is 10.5 Å². The van der Waals surface area contributed by atoms with E-state index in [9.17, 15) is 9.59 Å². The second-order valence-electron chi connectivity index (χ2n) is 6.11. The lowest BCUT2D eigenvalue weighted by Gasteiger charge is -2.19. The second-order valence-corrected chi connectivity index (χ2v) is 6.95. The van der Waals surface area contributed by atoms with Gasteiger partial charge >= 0.3 is 5.97 Å². The van der Waals surface area contributed by atoms with Crippen LogP contribution in [0.15, 0.2) is 36.0 Å². The molecule has 2 heterocycles. The molecule has 2 N–H and O–H groups in total. The lowest BCUT2D eigenvalue weighted by atomic mass is 10.1. The van der Waals surface area contributed by atoms with Gasteiger partial charge < -0.3 is 10.5 Å². The van der Waals surface area contributed by atoms with Crippen molar-refractivity contribution in [3.63, 3.8) is 0 Å². The Morgan fingerprint density at radius 1 is 1.18 bits per heavy atom. The fourth-order valence-electron chi connectivity index (χ4n) is 2.47. The minimum atomic E-state index is -0.683. The highest BCUT2D eigenvalue weighted by molar-refractivity contribution is 7.14. The number of benzene rings is 1. The van der Waals surface area contributed by atoms with Gasteiger partial charge in [-0.15, -0.1) is 11.3 Å². The molecule has 1 amide bonds. The van der Waals surface area contributed by atoms with E-state index >= 15 is 0 Å². The molecule has 144 valence electrons. The molecule has 1 aromatic carbocycles. The molecule has 0 aliphatic carbocycles. The average molecular weight is 397 g/mol. The molecular weight excluding hydrogens is 378 g/mol. The van der Waals surface area contributed by atoms with Crippen LogP contribution >= 0.6 is 11.3 Å². The number of ether oxygens (including phenoxy) is 1. The normalized spacial score (nSPS) is 10.5. The number of aryl methyl sites for hydroxylation is 2. The standard InChI is InChI=1S/C19H19N5O3S/c1-11-4-5-15(8-12(11)2)24(13(3)25)19-23-14(10-28-19)9-27-18(26)16-17(20)22-7-6-21-16/h4-8,10H,9H2,1-3H3,(H2,20,22). The van der Waals surface area contributed by atoms with Gasteiger partial charge in [0.25, 0.3) is 0 Å². The van der Waals surface area contributed by atoms with Crippen LogP contribution in [0, 0.1) is 13.8 Å². The maximum atomic E-state index is 12.2. The lowest BCUT2D eigenvalue weighted by Crippen LogP contribution is -2.22. The van der Waals surface area contributed by atoms with Gasteiger partial charge in [-0.05, 0) is 37.1 Å². The summed E-state index contributed by atoms with van der Waals surface area (Å²) in [5, 5.41) is 2.24. The summed E-state index contributed by atoms with van der Waals surface area (Å²) in [6.45, 7) is 5.41. The highest BCUT2D eigenvalue weighted by atomic mass is 32.1. The predicted molar refractivity (Wildman–Crippen MR) is 106 cm³/mol.